The Bertz CT molecular complexity index is 855. The van der Waals surface area contributed by atoms with Gasteiger partial charge < -0.3 is 24.4 Å². The molecule has 1 N–H and O–H groups in total. The number of ether oxygens (including phenoxy) is 3. The zero-order valence-electron chi connectivity index (χ0n) is 18.3. The highest BCUT2D eigenvalue weighted by atomic mass is 16.7. The minimum absolute atomic E-state index is 0.00920. The normalized spacial score (nSPS) is 14.5. The van der Waals surface area contributed by atoms with Gasteiger partial charge in [0.05, 0.1) is 12.7 Å². The van der Waals surface area contributed by atoms with Crippen LogP contribution in [0.25, 0.3) is 0 Å². The third kappa shape index (κ3) is 6.06. The molecular formula is C24H30N2O5. The molecular weight excluding hydrogens is 396 g/mol. The van der Waals surface area contributed by atoms with Crippen molar-refractivity contribution >= 4 is 17.6 Å². The molecule has 1 saturated heterocycles. The summed E-state index contributed by atoms with van der Waals surface area (Å²) in [5.74, 6) is -0.416. The van der Waals surface area contributed by atoms with Crippen LogP contribution in [0.5, 0.6) is 0 Å². The van der Waals surface area contributed by atoms with Gasteiger partial charge in [0.2, 0.25) is 0 Å². The molecule has 0 aliphatic carbocycles. The fourth-order valence-corrected chi connectivity index (χ4v) is 3.70. The molecule has 0 saturated carbocycles. The van der Waals surface area contributed by atoms with Crippen LogP contribution in [-0.2, 0) is 20.6 Å². The number of nitrogens with one attached hydrogen (secondary N) is 1. The van der Waals surface area contributed by atoms with Crippen LogP contribution in [0.1, 0.15) is 39.1 Å². The van der Waals surface area contributed by atoms with Crippen molar-refractivity contribution < 1.29 is 23.8 Å². The summed E-state index contributed by atoms with van der Waals surface area (Å²) < 4.78 is 15.2. The molecule has 1 aliphatic heterocycles. The van der Waals surface area contributed by atoms with Crippen LogP contribution in [0.2, 0.25) is 0 Å². The maximum absolute atomic E-state index is 12.8. The standard InChI is InChI=1S/C24H30N2O5/c1-29-22(30-2)16-17-4-10-20(11-5-17)25-21-12-14-26(15-13-21)23(27)18-6-8-19(9-7-18)24(28)31-3/h4-11,21-22,25H,12-16H2,1-3H3. The van der Waals surface area contributed by atoms with Crippen molar-refractivity contribution in [2.24, 2.45) is 0 Å². The summed E-state index contributed by atoms with van der Waals surface area (Å²) in [4.78, 5) is 26.2. The second kappa shape index (κ2) is 10.9. The van der Waals surface area contributed by atoms with E-state index in [0.717, 1.165) is 24.1 Å². The van der Waals surface area contributed by atoms with Crippen molar-refractivity contribution in [2.45, 2.75) is 31.6 Å². The molecule has 0 aromatic heterocycles. The summed E-state index contributed by atoms with van der Waals surface area (Å²) >= 11 is 0. The zero-order chi connectivity index (χ0) is 22.2. The zero-order valence-corrected chi connectivity index (χ0v) is 18.3. The summed E-state index contributed by atoms with van der Waals surface area (Å²) in [6, 6.07) is 15.2. The molecule has 166 valence electrons. The number of anilines is 1. The molecule has 0 bridgehead atoms. The number of esters is 1. The lowest BCUT2D eigenvalue weighted by molar-refractivity contribution is -0.100. The van der Waals surface area contributed by atoms with E-state index in [4.69, 9.17) is 14.2 Å². The van der Waals surface area contributed by atoms with Crippen molar-refractivity contribution in [1.29, 1.82) is 0 Å². The monoisotopic (exact) mass is 426 g/mol. The Morgan fingerprint density at radius 3 is 2.06 bits per heavy atom. The number of nitrogens with zero attached hydrogens (tertiary/aromatic N) is 1. The molecule has 3 rings (SSSR count). The summed E-state index contributed by atoms with van der Waals surface area (Å²) in [6.07, 6.45) is 2.22. The fraction of sp³-hybridized carbons (Fsp3) is 0.417. The molecule has 2 aromatic carbocycles. The Morgan fingerprint density at radius 2 is 1.52 bits per heavy atom. The van der Waals surface area contributed by atoms with Gasteiger partial charge in [-0.3, -0.25) is 4.79 Å². The van der Waals surface area contributed by atoms with E-state index < -0.39 is 5.97 Å². The van der Waals surface area contributed by atoms with Crippen molar-refractivity contribution in [1.82, 2.24) is 4.90 Å². The third-order valence-electron chi connectivity index (χ3n) is 5.59. The van der Waals surface area contributed by atoms with Crippen LogP contribution >= 0.6 is 0 Å². The fourth-order valence-electron chi connectivity index (χ4n) is 3.70. The van der Waals surface area contributed by atoms with E-state index in [1.165, 1.54) is 7.11 Å². The maximum atomic E-state index is 12.8. The summed E-state index contributed by atoms with van der Waals surface area (Å²) in [7, 11) is 4.61. The molecule has 0 atom stereocenters. The first kappa shape index (κ1) is 22.8. The highest BCUT2D eigenvalue weighted by Crippen LogP contribution is 2.20. The van der Waals surface area contributed by atoms with Crippen LogP contribution in [0.4, 0.5) is 5.69 Å². The summed E-state index contributed by atoms with van der Waals surface area (Å²) in [5, 5.41) is 3.56. The Balaban J connectivity index is 1.49. The van der Waals surface area contributed by atoms with Crippen molar-refractivity contribution in [3.8, 4) is 0 Å². The molecule has 1 heterocycles. The third-order valence-corrected chi connectivity index (χ3v) is 5.59. The van der Waals surface area contributed by atoms with Crippen LogP contribution in [0.15, 0.2) is 48.5 Å². The summed E-state index contributed by atoms with van der Waals surface area (Å²) in [6.45, 7) is 1.38. The van der Waals surface area contributed by atoms with E-state index in [0.29, 0.717) is 36.7 Å². The second-order valence-electron chi connectivity index (χ2n) is 7.58. The van der Waals surface area contributed by atoms with Gasteiger partial charge in [0.25, 0.3) is 5.91 Å². The minimum Gasteiger partial charge on any atom is -0.465 e. The van der Waals surface area contributed by atoms with Gasteiger partial charge in [-0.15, -0.1) is 0 Å². The molecule has 0 radical (unpaired) electrons. The number of hydrogen-bond donors (Lipinski definition) is 1. The van der Waals surface area contributed by atoms with Crippen molar-refractivity contribution in [3.63, 3.8) is 0 Å². The Morgan fingerprint density at radius 1 is 0.935 bits per heavy atom. The van der Waals surface area contributed by atoms with Crippen LogP contribution in [0, 0.1) is 0 Å². The lowest BCUT2D eigenvalue weighted by Gasteiger charge is -2.33. The molecule has 2 aromatic rings. The lowest BCUT2D eigenvalue weighted by atomic mass is 10.0. The topological polar surface area (TPSA) is 77.1 Å². The van der Waals surface area contributed by atoms with Gasteiger partial charge in [-0.2, -0.15) is 0 Å². The average Bonchev–Trinajstić information content (AvgIpc) is 2.83. The molecule has 0 unspecified atom stereocenters. The largest absolute Gasteiger partial charge is 0.465 e. The van der Waals surface area contributed by atoms with Gasteiger partial charge in [-0.25, -0.2) is 4.79 Å². The van der Waals surface area contributed by atoms with Gasteiger partial charge in [-0.1, -0.05) is 12.1 Å². The van der Waals surface area contributed by atoms with E-state index in [2.05, 4.69) is 29.6 Å². The van der Waals surface area contributed by atoms with E-state index in [1.54, 1.807) is 38.5 Å². The number of benzene rings is 2. The van der Waals surface area contributed by atoms with Gasteiger partial charge >= 0.3 is 5.97 Å². The van der Waals surface area contributed by atoms with Gasteiger partial charge in [0.1, 0.15) is 0 Å². The maximum Gasteiger partial charge on any atom is 0.337 e. The first-order valence-electron chi connectivity index (χ1n) is 10.4. The number of methoxy groups -OCH3 is 3. The average molecular weight is 427 g/mol. The highest BCUT2D eigenvalue weighted by Gasteiger charge is 2.24. The lowest BCUT2D eigenvalue weighted by Crippen LogP contribution is -2.42. The SMILES string of the molecule is COC(=O)c1ccc(C(=O)N2CCC(Nc3ccc(CC(OC)OC)cc3)CC2)cc1. The van der Waals surface area contributed by atoms with Crippen molar-refractivity contribution in [2.75, 3.05) is 39.7 Å². The van der Waals surface area contributed by atoms with Gasteiger partial charge in [0.15, 0.2) is 6.29 Å². The van der Waals surface area contributed by atoms with Crippen LogP contribution < -0.4 is 5.32 Å². The predicted molar refractivity (Wildman–Crippen MR) is 118 cm³/mol. The number of hydrogen-bond acceptors (Lipinski definition) is 6. The van der Waals surface area contributed by atoms with Gasteiger partial charge in [0, 0.05) is 51.0 Å². The molecule has 31 heavy (non-hydrogen) atoms. The molecule has 7 nitrogen and oxygen atoms in total. The highest BCUT2D eigenvalue weighted by molar-refractivity contribution is 5.96. The van der Waals surface area contributed by atoms with Crippen LogP contribution in [-0.4, -0.2) is 63.5 Å². The van der Waals surface area contributed by atoms with Gasteiger partial charge in [-0.05, 0) is 54.8 Å². The number of carbonyl (C=O) groups excluding carboxylic acids is 2. The number of carbonyl (C=O) groups is 2. The molecule has 0 spiro atoms. The molecule has 7 heteroatoms. The predicted octanol–water partition coefficient (Wildman–Crippen LogP) is 3.35. The summed E-state index contributed by atoms with van der Waals surface area (Å²) in [5.41, 5.74) is 3.24. The molecule has 1 aliphatic rings. The molecule has 1 fully saturated rings. The Labute approximate surface area is 183 Å². The Kier molecular flexibility index (Phi) is 8.03. The first-order chi connectivity index (χ1) is 15.0. The number of likely N-dealkylation sites (tertiary alicyclic amines) is 1. The first-order valence-corrected chi connectivity index (χ1v) is 10.4. The molecule has 1 amide bonds. The van der Waals surface area contributed by atoms with E-state index >= 15 is 0 Å². The number of amides is 1. The van der Waals surface area contributed by atoms with Crippen LogP contribution in [0.3, 0.4) is 0 Å². The minimum atomic E-state index is -0.406. The quantitative estimate of drug-likeness (QED) is 0.515. The van der Waals surface area contributed by atoms with Crippen molar-refractivity contribution in [3.05, 3.63) is 65.2 Å². The number of piperidine rings is 1. The van der Waals surface area contributed by atoms with E-state index in [-0.39, 0.29) is 12.2 Å². The van der Waals surface area contributed by atoms with E-state index in [9.17, 15) is 9.59 Å². The Hall–Kier alpha value is -2.90. The smallest absolute Gasteiger partial charge is 0.337 e. The van der Waals surface area contributed by atoms with E-state index in [1.807, 2.05) is 4.90 Å². The number of rotatable bonds is 8. The second-order valence-corrected chi connectivity index (χ2v) is 7.58.